The molecule has 0 saturated heterocycles. The summed E-state index contributed by atoms with van der Waals surface area (Å²) in [4.78, 5) is 16.4. The van der Waals surface area contributed by atoms with E-state index >= 15 is 0 Å². The highest BCUT2D eigenvalue weighted by Crippen LogP contribution is 2.06. The molecule has 1 amide bonds. The maximum atomic E-state index is 12.4. The van der Waals surface area contributed by atoms with Gasteiger partial charge >= 0.3 is 0 Å². The first-order valence-corrected chi connectivity index (χ1v) is 8.10. The summed E-state index contributed by atoms with van der Waals surface area (Å²) >= 11 is 0. The van der Waals surface area contributed by atoms with Gasteiger partial charge in [0.05, 0.1) is 0 Å². The van der Waals surface area contributed by atoms with Gasteiger partial charge in [0.15, 0.2) is 5.69 Å². The summed E-state index contributed by atoms with van der Waals surface area (Å²) in [5.41, 5.74) is 0.417. The Hall–Kier alpha value is -1.69. The molecule has 1 aromatic heterocycles. The summed E-state index contributed by atoms with van der Waals surface area (Å²) in [5, 5.41) is 11.4. The molecule has 1 heterocycles. The Bertz CT molecular complexity index is 427. The average molecular weight is 307 g/mol. The number of carbonyl (C=O) groups excluding carboxylic acids is 1. The average Bonchev–Trinajstić information content (AvgIpc) is 2.51. The van der Waals surface area contributed by atoms with Gasteiger partial charge in [-0.25, -0.2) is 0 Å². The van der Waals surface area contributed by atoms with E-state index in [9.17, 15) is 4.79 Å². The van der Waals surface area contributed by atoms with E-state index in [4.69, 9.17) is 0 Å². The maximum absolute atomic E-state index is 12.4. The van der Waals surface area contributed by atoms with Crippen LogP contribution in [0.3, 0.4) is 0 Å². The van der Waals surface area contributed by atoms with Crippen LogP contribution in [0.4, 0.5) is 5.82 Å². The van der Waals surface area contributed by atoms with Crippen molar-refractivity contribution in [1.29, 1.82) is 0 Å². The highest BCUT2D eigenvalue weighted by Gasteiger charge is 2.15. The maximum Gasteiger partial charge on any atom is 0.274 e. The highest BCUT2D eigenvalue weighted by atomic mass is 16.2. The molecule has 0 aliphatic rings. The van der Waals surface area contributed by atoms with Crippen LogP contribution in [0.15, 0.2) is 12.1 Å². The molecule has 0 radical (unpaired) electrons. The Labute approximate surface area is 133 Å². The lowest BCUT2D eigenvalue weighted by atomic mass is 10.3. The van der Waals surface area contributed by atoms with Crippen LogP contribution in [0.5, 0.6) is 0 Å². The number of hydrogen-bond acceptors (Lipinski definition) is 5. The number of nitrogens with one attached hydrogen (secondary N) is 1. The number of hydrogen-bond donors (Lipinski definition) is 1. The van der Waals surface area contributed by atoms with Crippen LogP contribution in [0.2, 0.25) is 0 Å². The number of carbonyl (C=O) groups is 1. The van der Waals surface area contributed by atoms with Gasteiger partial charge in [-0.2, -0.15) is 0 Å². The van der Waals surface area contributed by atoms with Crippen molar-refractivity contribution >= 4 is 11.7 Å². The zero-order chi connectivity index (χ0) is 16.4. The molecular weight excluding hydrogens is 278 g/mol. The fourth-order valence-corrected chi connectivity index (χ4v) is 2.17. The SMILES string of the molecule is CCCN(CCC)C(=O)c1ccc(NCCCN(C)C)nn1. The van der Waals surface area contributed by atoms with Crippen LogP contribution in [-0.4, -0.2) is 66.2 Å². The van der Waals surface area contributed by atoms with Crippen molar-refractivity contribution in [1.82, 2.24) is 20.0 Å². The van der Waals surface area contributed by atoms with Gasteiger partial charge in [0.1, 0.15) is 5.82 Å². The standard InChI is InChI=1S/C16H29N5O/c1-5-11-21(12-6-2)16(22)14-8-9-15(19-18-14)17-10-7-13-20(3)4/h8-9H,5-7,10-13H2,1-4H3,(H,17,19). The molecule has 22 heavy (non-hydrogen) atoms. The Morgan fingerprint density at radius 1 is 1.09 bits per heavy atom. The third kappa shape index (κ3) is 6.39. The van der Waals surface area contributed by atoms with Crippen LogP contribution in [0.25, 0.3) is 0 Å². The van der Waals surface area contributed by atoms with E-state index in [0.717, 1.165) is 45.4 Å². The molecule has 1 rings (SSSR count). The highest BCUT2D eigenvalue weighted by molar-refractivity contribution is 5.92. The Kier molecular flexibility index (Phi) is 8.43. The van der Waals surface area contributed by atoms with Crippen molar-refractivity contribution in [3.8, 4) is 0 Å². The van der Waals surface area contributed by atoms with E-state index in [1.807, 2.05) is 11.0 Å². The molecule has 0 aliphatic carbocycles. The molecule has 0 saturated carbocycles. The molecule has 1 N–H and O–H groups in total. The van der Waals surface area contributed by atoms with Crippen LogP contribution < -0.4 is 5.32 Å². The van der Waals surface area contributed by atoms with Crippen LogP contribution in [0, 0.1) is 0 Å². The molecule has 1 aromatic rings. The molecule has 0 aliphatic heterocycles. The molecule has 0 bridgehead atoms. The minimum absolute atomic E-state index is 0.0321. The predicted molar refractivity (Wildman–Crippen MR) is 90.2 cm³/mol. The molecule has 6 nitrogen and oxygen atoms in total. The van der Waals surface area contributed by atoms with Crippen LogP contribution in [-0.2, 0) is 0 Å². The topological polar surface area (TPSA) is 61.4 Å². The van der Waals surface area contributed by atoms with E-state index in [1.165, 1.54) is 0 Å². The molecule has 0 aromatic carbocycles. The number of rotatable bonds is 10. The van der Waals surface area contributed by atoms with Gasteiger partial charge in [-0.05, 0) is 52.0 Å². The third-order valence-electron chi connectivity index (χ3n) is 3.25. The summed E-state index contributed by atoms with van der Waals surface area (Å²) in [6.07, 6.45) is 2.94. The lowest BCUT2D eigenvalue weighted by molar-refractivity contribution is 0.0748. The number of aromatic nitrogens is 2. The van der Waals surface area contributed by atoms with Crippen molar-refractivity contribution < 1.29 is 4.79 Å². The smallest absolute Gasteiger partial charge is 0.274 e. The number of nitrogens with zero attached hydrogens (tertiary/aromatic N) is 4. The Balaban J connectivity index is 2.53. The largest absolute Gasteiger partial charge is 0.369 e. The van der Waals surface area contributed by atoms with Gasteiger partial charge in [-0.15, -0.1) is 10.2 Å². The number of anilines is 1. The summed E-state index contributed by atoms with van der Waals surface area (Å²) in [6, 6.07) is 3.58. The fraction of sp³-hybridized carbons (Fsp3) is 0.688. The van der Waals surface area contributed by atoms with Gasteiger partial charge in [0, 0.05) is 19.6 Å². The molecule has 124 valence electrons. The van der Waals surface area contributed by atoms with Crippen LogP contribution in [0.1, 0.15) is 43.6 Å². The van der Waals surface area contributed by atoms with E-state index in [1.54, 1.807) is 6.07 Å². The Morgan fingerprint density at radius 3 is 2.27 bits per heavy atom. The normalized spacial score (nSPS) is 10.8. The molecule has 0 spiro atoms. The molecular formula is C16H29N5O. The quantitative estimate of drug-likeness (QED) is 0.671. The first kappa shape index (κ1) is 18.4. The van der Waals surface area contributed by atoms with E-state index in [2.05, 4.69) is 48.4 Å². The van der Waals surface area contributed by atoms with Gasteiger partial charge < -0.3 is 15.1 Å². The van der Waals surface area contributed by atoms with Crippen LogP contribution >= 0.6 is 0 Å². The summed E-state index contributed by atoms with van der Waals surface area (Å²) in [5.74, 6) is 0.684. The second-order valence-electron chi connectivity index (χ2n) is 5.68. The predicted octanol–water partition coefficient (Wildman–Crippen LogP) is 2.10. The van der Waals surface area contributed by atoms with Crippen molar-refractivity contribution in [2.45, 2.75) is 33.1 Å². The van der Waals surface area contributed by atoms with Gasteiger partial charge in [-0.1, -0.05) is 13.8 Å². The van der Waals surface area contributed by atoms with E-state index < -0.39 is 0 Å². The zero-order valence-corrected chi connectivity index (χ0v) is 14.3. The minimum atomic E-state index is -0.0321. The van der Waals surface area contributed by atoms with Gasteiger partial charge in [0.2, 0.25) is 0 Å². The van der Waals surface area contributed by atoms with Crippen molar-refractivity contribution in [2.24, 2.45) is 0 Å². The van der Waals surface area contributed by atoms with E-state index in [-0.39, 0.29) is 5.91 Å². The second kappa shape index (κ2) is 10.1. The summed E-state index contributed by atoms with van der Waals surface area (Å²) < 4.78 is 0. The lowest BCUT2D eigenvalue weighted by Crippen LogP contribution is -2.33. The van der Waals surface area contributed by atoms with Crippen molar-refractivity contribution in [3.63, 3.8) is 0 Å². The Morgan fingerprint density at radius 2 is 1.77 bits per heavy atom. The molecule has 0 fully saturated rings. The molecule has 6 heteroatoms. The van der Waals surface area contributed by atoms with Crippen molar-refractivity contribution in [2.75, 3.05) is 45.6 Å². The van der Waals surface area contributed by atoms with Gasteiger partial charge in [-0.3, -0.25) is 4.79 Å². The third-order valence-corrected chi connectivity index (χ3v) is 3.25. The van der Waals surface area contributed by atoms with Gasteiger partial charge in [0.25, 0.3) is 5.91 Å². The number of amides is 1. The molecule has 0 atom stereocenters. The monoisotopic (exact) mass is 307 g/mol. The van der Waals surface area contributed by atoms with E-state index in [0.29, 0.717) is 11.5 Å². The fourth-order valence-electron chi connectivity index (χ4n) is 2.17. The summed E-state index contributed by atoms with van der Waals surface area (Å²) in [6.45, 7) is 7.54. The summed E-state index contributed by atoms with van der Waals surface area (Å²) in [7, 11) is 4.11. The first-order valence-electron chi connectivity index (χ1n) is 8.10. The van der Waals surface area contributed by atoms with Crippen molar-refractivity contribution in [3.05, 3.63) is 17.8 Å². The zero-order valence-electron chi connectivity index (χ0n) is 14.3. The minimum Gasteiger partial charge on any atom is -0.369 e. The second-order valence-corrected chi connectivity index (χ2v) is 5.68. The lowest BCUT2D eigenvalue weighted by Gasteiger charge is -2.20. The molecule has 0 unspecified atom stereocenters. The first-order chi connectivity index (χ1) is 10.6.